The molecule has 2 nitrogen and oxygen atoms in total. The molecule has 0 amide bonds. The van der Waals surface area contributed by atoms with Crippen molar-refractivity contribution in [3.63, 3.8) is 0 Å². The first-order valence-electron chi connectivity index (χ1n) is 6.21. The molecule has 0 spiro atoms. The Balaban J connectivity index is 1.76. The van der Waals surface area contributed by atoms with Crippen LogP contribution in [0.25, 0.3) is 0 Å². The molecular weight excluding hydrogens is 217 g/mol. The van der Waals surface area contributed by atoms with Crippen molar-refractivity contribution in [2.75, 3.05) is 13.1 Å². The molecule has 1 fully saturated rings. The van der Waals surface area contributed by atoms with E-state index >= 15 is 0 Å². The van der Waals surface area contributed by atoms with Gasteiger partial charge in [-0.15, -0.1) is 0 Å². The Labute approximate surface area is 101 Å². The predicted molar refractivity (Wildman–Crippen MR) is 65.3 cm³/mol. The Kier molecular flexibility index (Phi) is 4.26. The van der Waals surface area contributed by atoms with Gasteiger partial charge in [-0.2, -0.15) is 0 Å². The summed E-state index contributed by atoms with van der Waals surface area (Å²) in [5, 5.41) is 3.29. The third kappa shape index (κ3) is 3.93. The molecule has 92 valence electrons. The Bertz CT molecular complexity index is 386. The van der Waals surface area contributed by atoms with Crippen molar-refractivity contribution < 1.29 is 9.18 Å². The summed E-state index contributed by atoms with van der Waals surface area (Å²) < 4.78 is 12.9. The molecule has 1 N–H and O–H groups in total. The van der Waals surface area contributed by atoms with Gasteiger partial charge in [-0.05, 0) is 49.5 Å². The van der Waals surface area contributed by atoms with Crippen molar-refractivity contribution in [3.8, 4) is 0 Å². The highest BCUT2D eigenvalue weighted by atomic mass is 19.1. The Hall–Kier alpha value is -1.22. The zero-order chi connectivity index (χ0) is 12.1. The molecule has 0 saturated carbocycles. The van der Waals surface area contributed by atoms with Crippen LogP contribution in [0.2, 0.25) is 0 Å². The van der Waals surface area contributed by atoms with E-state index in [2.05, 4.69) is 5.32 Å². The summed E-state index contributed by atoms with van der Waals surface area (Å²) in [4.78, 5) is 11.7. The maximum Gasteiger partial charge on any atom is 0.137 e. The number of ketones is 1. The predicted octanol–water partition coefficient (Wildman–Crippen LogP) is 2.33. The second kappa shape index (κ2) is 5.92. The second-order valence-corrected chi connectivity index (χ2v) is 4.74. The fourth-order valence-corrected chi connectivity index (χ4v) is 2.29. The summed E-state index contributed by atoms with van der Waals surface area (Å²) >= 11 is 0. The van der Waals surface area contributed by atoms with Crippen LogP contribution in [-0.4, -0.2) is 18.9 Å². The molecule has 1 heterocycles. The molecule has 1 aromatic rings. The van der Waals surface area contributed by atoms with Gasteiger partial charge in [0.15, 0.2) is 0 Å². The highest BCUT2D eigenvalue weighted by molar-refractivity contribution is 5.80. The lowest BCUT2D eigenvalue weighted by atomic mass is 9.98. The smallest absolute Gasteiger partial charge is 0.137 e. The lowest BCUT2D eigenvalue weighted by Gasteiger charge is -2.07. The minimum atomic E-state index is -0.268. The van der Waals surface area contributed by atoms with Crippen LogP contribution in [0.5, 0.6) is 0 Å². The van der Waals surface area contributed by atoms with Crippen molar-refractivity contribution in [2.45, 2.75) is 25.7 Å². The van der Waals surface area contributed by atoms with Crippen LogP contribution < -0.4 is 5.32 Å². The molecule has 0 radical (unpaired) electrons. The monoisotopic (exact) mass is 235 g/mol. The van der Waals surface area contributed by atoms with Gasteiger partial charge in [0.05, 0.1) is 0 Å². The fraction of sp³-hybridized carbons (Fsp3) is 0.500. The van der Waals surface area contributed by atoms with Crippen LogP contribution in [0.1, 0.15) is 24.8 Å². The summed E-state index contributed by atoms with van der Waals surface area (Å²) in [5.41, 5.74) is 0.777. The van der Waals surface area contributed by atoms with E-state index in [1.54, 1.807) is 12.1 Å². The number of Topliss-reactive ketones (excluding diaryl/α,β-unsaturated/α-hetero) is 1. The van der Waals surface area contributed by atoms with Crippen LogP contribution in [0.15, 0.2) is 24.3 Å². The first-order chi connectivity index (χ1) is 8.24. The summed E-state index contributed by atoms with van der Waals surface area (Å²) in [7, 11) is 0. The van der Waals surface area contributed by atoms with Gasteiger partial charge < -0.3 is 5.32 Å². The van der Waals surface area contributed by atoms with E-state index in [0.717, 1.165) is 25.1 Å². The highest BCUT2D eigenvalue weighted by Crippen LogP contribution is 2.15. The lowest BCUT2D eigenvalue weighted by Crippen LogP contribution is -2.11. The first-order valence-corrected chi connectivity index (χ1v) is 6.21. The van der Waals surface area contributed by atoms with Crippen LogP contribution in [0.3, 0.4) is 0 Å². The first kappa shape index (κ1) is 12.2. The summed E-state index contributed by atoms with van der Waals surface area (Å²) in [6.07, 6.45) is 3.11. The van der Waals surface area contributed by atoms with Crippen molar-refractivity contribution in [3.05, 3.63) is 35.6 Å². The van der Waals surface area contributed by atoms with Gasteiger partial charge in [0.1, 0.15) is 11.6 Å². The maximum atomic E-state index is 12.9. The minimum absolute atomic E-state index is 0.211. The molecule has 3 heteroatoms. The Morgan fingerprint density at radius 2 is 2.35 bits per heavy atom. The standard InChI is InChI=1S/C14H18FNO/c15-13-3-1-2-12(8-13)9-14(17)5-4-11-6-7-16-10-11/h1-3,8,11,16H,4-7,9-10H2. The molecule has 1 saturated heterocycles. The van der Waals surface area contributed by atoms with E-state index in [1.165, 1.54) is 18.6 Å². The minimum Gasteiger partial charge on any atom is -0.316 e. The quantitative estimate of drug-likeness (QED) is 0.848. The number of hydrogen-bond donors (Lipinski definition) is 1. The number of halogens is 1. The van der Waals surface area contributed by atoms with Crippen LogP contribution in [0, 0.1) is 11.7 Å². The maximum absolute atomic E-state index is 12.9. The van der Waals surface area contributed by atoms with Gasteiger partial charge >= 0.3 is 0 Å². The number of rotatable bonds is 5. The molecule has 1 unspecified atom stereocenters. The molecular formula is C14H18FNO. The fourth-order valence-electron chi connectivity index (χ4n) is 2.29. The molecule has 1 atom stereocenters. The van der Waals surface area contributed by atoms with Crippen LogP contribution >= 0.6 is 0 Å². The molecule has 0 aliphatic carbocycles. The Morgan fingerprint density at radius 3 is 3.06 bits per heavy atom. The SMILES string of the molecule is O=C(CCC1CCNC1)Cc1cccc(F)c1. The second-order valence-electron chi connectivity index (χ2n) is 4.74. The van der Waals surface area contributed by atoms with Crippen molar-refractivity contribution in [1.82, 2.24) is 5.32 Å². The van der Waals surface area contributed by atoms with Gasteiger partial charge in [-0.1, -0.05) is 12.1 Å². The number of hydrogen-bond acceptors (Lipinski definition) is 2. The Morgan fingerprint density at radius 1 is 1.47 bits per heavy atom. The number of carbonyl (C=O) groups excluding carboxylic acids is 1. The zero-order valence-corrected chi connectivity index (χ0v) is 9.92. The number of nitrogens with one attached hydrogen (secondary N) is 1. The van der Waals surface area contributed by atoms with E-state index in [-0.39, 0.29) is 11.6 Å². The van der Waals surface area contributed by atoms with E-state index in [9.17, 15) is 9.18 Å². The molecule has 0 bridgehead atoms. The van der Waals surface area contributed by atoms with Gasteiger partial charge in [0.2, 0.25) is 0 Å². The van der Waals surface area contributed by atoms with Gasteiger partial charge in [-0.25, -0.2) is 4.39 Å². The molecule has 0 aromatic heterocycles. The van der Waals surface area contributed by atoms with Crippen molar-refractivity contribution >= 4 is 5.78 Å². The summed E-state index contributed by atoms with van der Waals surface area (Å²) in [6, 6.07) is 6.30. The van der Waals surface area contributed by atoms with E-state index in [4.69, 9.17) is 0 Å². The van der Waals surface area contributed by atoms with Crippen molar-refractivity contribution in [2.24, 2.45) is 5.92 Å². The molecule has 1 aliphatic rings. The number of benzene rings is 1. The topological polar surface area (TPSA) is 29.1 Å². The molecule has 17 heavy (non-hydrogen) atoms. The van der Waals surface area contributed by atoms with Crippen LogP contribution in [-0.2, 0) is 11.2 Å². The van der Waals surface area contributed by atoms with E-state index in [0.29, 0.717) is 18.8 Å². The molecule has 1 aliphatic heterocycles. The van der Waals surface area contributed by atoms with E-state index in [1.807, 2.05) is 0 Å². The summed E-state index contributed by atoms with van der Waals surface area (Å²) in [6.45, 7) is 2.11. The molecule has 1 aromatic carbocycles. The van der Waals surface area contributed by atoms with Gasteiger partial charge in [0, 0.05) is 12.8 Å². The largest absolute Gasteiger partial charge is 0.316 e. The third-order valence-corrected chi connectivity index (χ3v) is 3.28. The highest BCUT2D eigenvalue weighted by Gasteiger charge is 2.15. The average Bonchev–Trinajstić information content (AvgIpc) is 2.79. The zero-order valence-electron chi connectivity index (χ0n) is 9.92. The third-order valence-electron chi connectivity index (χ3n) is 3.28. The van der Waals surface area contributed by atoms with Crippen LogP contribution in [0.4, 0.5) is 4.39 Å². The lowest BCUT2D eigenvalue weighted by molar-refractivity contribution is -0.118. The van der Waals surface area contributed by atoms with Gasteiger partial charge in [0.25, 0.3) is 0 Å². The summed E-state index contributed by atoms with van der Waals surface area (Å²) in [5.74, 6) is 0.587. The van der Waals surface area contributed by atoms with Crippen molar-refractivity contribution in [1.29, 1.82) is 0 Å². The van der Waals surface area contributed by atoms with Gasteiger partial charge in [-0.3, -0.25) is 4.79 Å². The average molecular weight is 235 g/mol. The molecule has 2 rings (SSSR count). The number of carbonyl (C=O) groups is 1. The van der Waals surface area contributed by atoms with E-state index < -0.39 is 0 Å². The normalized spacial score (nSPS) is 19.5.